The Hall–Kier alpha value is -2.94. The highest BCUT2D eigenvalue weighted by Gasteiger charge is 2.36. The van der Waals surface area contributed by atoms with Gasteiger partial charge in [0.05, 0.1) is 12.0 Å². The summed E-state index contributed by atoms with van der Waals surface area (Å²) >= 11 is 0. The third-order valence-corrected chi connectivity index (χ3v) is 5.67. The van der Waals surface area contributed by atoms with Crippen LogP contribution < -0.4 is 0 Å². The molecule has 1 aliphatic rings. The number of nitrogens with zero attached hydrogens (tertiary/aromatic N) is 1. The van der Waals surface area contributed by atoms with Crippen LogP contribution in [0.2, 0.25) is 0 Å². The molecule has 0 unspecified atom stereocenters. The lowest BCUT2D eigenvalue weighted by Crippen LogP contribution is -2.43. The zero-order valence-electron chi connectivity index (χ0n) is 16.0. The van der Waals surface area contributed by atoms with E-state index in [0.717, 1.165) is 17.5 Å². The van der Waals surface area contributed by atoms with E-state index in [9.17, 15) is 9.18 Å². The van der Waals surface area contributed by atoms with Gasteiger partial charge in [0, 0.05) is 12.1 Å². The molecule has 2 nitrogen and oxygen atoms in total. The molecule has 0 saturated carbocycles. The summed E-state index contributed by atoms with van der Waals surface area (Å²) in [7, 11) is 0. The van der Waals surface area contributed by atoms with Gasteiger partial charge in [-0.15, -0.1) is 0 Å². The van der Waals surface area contributed by atoms with Gasteiger partial charge in [-0.25, -0.2) is 4.39 Å². The summed E-state index contributed by atoms with van der Waals surface area (Å²) in [5.41, 5.74) is 3.79. The Morgan fingerprint density at radius 1 is 0.964 bits per heavy atom. The van der Waals surface area contributed by atoms with Gasteiger partial charge in [-0.1, -0.05) is 79.7 Å². The topological polar surface area (TPSA) is 20.3 Å². The highest BCUT2D eigenvalue weighted by atomic mass is 19.1. The van der Waals surface area contributed by atoms with Crippen LogP contribution in [0.3, 0.4) is 0 Å². The fourth-order valence-electron chi connectivity index (χ4n) is 4.27. The molecule has 0 saturated heterocycles. The van der Waals surface area contributed by atoms with E-state index in [4.69, 9.17) is 0 Å². The van der Waals surface area contributed by atoms with E-state index in [0.29, 0.717) is 18.5 Å². The Morgan fingerprint density at radius 3 is 2.32 bits per heavy atom. The van der Waals surface area contributed by atoms with Crippen molar-refractivity contribution in [1.82, 2.24) is 4.90 Å². The summed E-state index contributed by atoms with van der Waals surface area (Å²) in [5, 5.41) is 0. The molecule has 0 aliphatic carbocycles. The summed E-state index contributed by atoms with van der Waals surface area (Å²) in [6.07, 6.45) is 1.50. The van der Waals surface area contributed by atoms with Gasteiger partial charge in [-0.3, -0.25) is 4.79 Å². The van der Waals surface area contributed by atoms with Crippen LogP contribution in [0.25, 0.3) is 0 Å². The molecular formula is C25H24FNO. The molecule has 3 aromatic rings. The maximum absolute atomic E-state index is 14.8. The molecule has 0 radical (unpaired) electrons. The van der Waals surface area contributed by atoms with Crippen LogP contribution >= 0.6 is 0 Å². The Balaban J connectivity index is 1.79. The molecule has 1 amide bonds. The highest BCUT2D eigenvalue weighted by molar-refractivity contribution is 5.85. The molecule has 0 aromatic heterocycles. The summed E-state index contributed by atoms with van der Waals surface area (Å²) in [5.74, 6) is -0.424. The first kappa shape index (κ1) is 18.4. The number of fused-ring (bicyclic) bond motifs is 1. The van der Waals surface area contributed by atoms with E-state index in [1.54, 1.807) is 12.1 Å². The van der Waals surface area contributed by atoms with Crippen molar-refractivity contribution >= 4 is 5.91 Å². The fourth-order valence-corrected chi connectivity index (χ4v) is 4.27. The third-order valence-electron chi connectivity index (χ3n) is 5.67. The van der Waals surface area contributed by atoms with Gasteiger partial charge in [-0.2, -0.15) is 0 Å². The molecule has 142 valence electrons. The van der Waals surface area contributed by atoms with Gasteiger partial charge >= 0.3 is 0 Å². The smallest absolute Gasteiger partial charge is 0.230 e. The van der Waals surface area contributed by atoms with Crippen LogP contribution in [0, 0.1) is 5.82 Å². The molecular weight excluding hydrogens is 349 g/mol. The van der Waals surface area contributed by atoms with E-state index < -0.39 is 6.04 Å². The zero-order chi connectivity index (χ0) is 19.5. The quantitative estimate of drug-likeness (QED) is 0.592. The molecule has 3 heteroatoms. The van der Waals surface area contributed by atoms with Gasteiger partial charge in [0.15, 0.2) is 0 Å². The Kier molecular flexibility index (Phi) is 5.25. The minimum absolute atomic E-state index is 0.0662. The highest BCUT2D eigenvalue weighted by Crippen LogP contribution is 2.38. The summed E-state index contributed by atoms with van der Waals surface area (Å²) in [6.45, 7) is 2.63. The second-order valence-electron chi connectivity index (χ2n) is 7.28. The maximum Gasteiger partial charge on any atom is 0.230 e. The average Bonchev–Trinajstić information content (AvgIpc) is 2.74. The van der Waals surface area contributed by atoms with Gasteiger partial charge in [0.25, 0.3) is 0 Å². The van der Waals surface area contributed by atoms with Crippen molar-refractivity contribution in [3.63, 3.8) is 0 Å². The number of rotatable bonds is 4. The lowest BCUT2D eigenvalue weighted by Gasteiger charge is -2.39. The molecule has 4 rings (SSSR count). The largest absolute Gasteiger partial charge is 0.331 e. The predicted molar refractivity (Wildman–Crippen MR) is 110 cm³/mol. The molecule has 0 bridgehead atoms. The summed E-state index contributed by atoms with van der Waals surface area (Å²) in [4.78, 5) is 15.5. The zero-order valence-corrected chi connectivity index (χ0v) is 16.0. The molecule has 2 atom stereocenters. The molecule has 3 aromatic carbocycles. The van der Waals surface area contributed by atoms with Crippen molar-refractivity contribution in [1.29, 1.82) is 0 Å². The van der Waals surface area contributed by atoms with Crippen LogP contribution in [0.15, 0.2) is 78.9 Å². The van der Waals surface area contributed by atoms with Gasteiger partial charge < -0.3 is 4.90 Å². The summed E-state index contributed by atoms with van der Waals surface area (Å²) < 4.78 is 14.8. The fraction of sp³-hybridized carbons (Fsp3) is 0.240. The maximum atomic E-state index is 14.8. The van der Waals surface area contributed by atoms with Gasteiger partial charge in [0.1, 0.15) is 5.82 Å². The van der Waals surface area contributed by atoms with Crippen LogP contribution in [-0.4, -0.2) is 17.4 Å². The first-order valence-electron chi connectivity index (χ1n) is 9.88. The minimum Gasteiger partial charge on any atom is -0.331 e. The Bertz CT molecular complexity index is 969. The number of carbonyl (C=O) groups excluding carboxylic acids is 1. The minimum atomic E-state index is -0.392. The van der Waals surface area contributed by atoms with Gasteiger partial charge in [-0.05, 0) is 35.6 Å². The van der Waals surface area contributed by atoms with E-state index in [2.05, 4.69) is 6.07 Å². The third kappa shape index (κ3) is 3.33. The van der Waals surface area contributed by atoms with Crippen LogP contribution in [0.4, 0.5) is 4.39 Å². The van der Waals surface area contributed by atoms with Crippen LogP contribution in [0.1, 0.15) is 47.6 Å². The van der Waals surface area contributed by atoms with Crippen molar-refractivity contribution < 1.29 is 9.18 Å². The van der Waals surface area contributed by atoms with Crippen molar-refractivity contribution in [2.24, 2.45) is 0 Å². The predicted octanol–water partition coefficient (Wildman–Crippen LogP) is 5.49. The van der Waals surface area contributed by atoms with Crippen molar-refractivity contribution in [2.45, 2.75) is 31.7 Å². The van der Waals surface area contributed by atoms with Crippen LogP contribution in [-0.2, 0) is 11.2 Å². The summed E-state index contributed by atoms with van der Waals surface area (Å²) in [6, 6.07) is 24.4. The normalized spacial score (nSPS) is 17.1. The van der Waals surface area contributed by atoms with E-state index in [1.807, 2.05) is 66.4 Å². The van der Waals surface area contributed by atoms with E-state index in [1.165, 1.54) is 11.6 Å². The Morgan fingerprint density at radius 2 is 1.61 bits per heavy atom. The number of hydrogen-bond donors (Lipinski definition) is 0. The van der Waals surface area contributed by atoms with Crippen molar-refractivity contribution in [3.8, 4) is 0 Å². The molecule has 28 heavy (non-hydrogen) atoms. The van der Waals surface area contributed by atoms with Crippen molar-refractivity contribution in [3.05, 3.63) is 107 Å². The molecule has 1 aliphatic heterocycles. The first-order chi connectivity index (χ1) is 13.7. The first-order valence-corrected chi connectivity index (χ1v) is 9.88. The van der Waals surface area contributed by atoms with Gasteiger partial charge in [0.2, 0.25) is 5.91 Å². The second kappa shape index (κ2) is 7.97. The average molecular weight is 373 g/mol. The lowest BCUT2D eigenvalue weighted by molar-refractivity contribution is -0.135. The number of halogens is 1. The lowest BCUT2D eigenvalue weighted by atomic mass is 9.86. The number of carbonyl (C=O) groups is 1. The second-order valence-corrected chi connectivity index (χ2v) is 7.28. The number of benzene rings is 3. The Labute approximate surface area is 165 Å². The number of hydrogen-bond acceptors (Lipinski definition) is 1. The van der Waals surface area contributed by atoms with Crippen molar-refractivity contribution in [2.75, 3.05) is 6.54 Å². The number of amides is 1. The molecule has 0 fully saturated rings. The molecule has 0 spiro atoms. The molecule has 0 N–H and O–H groups in total. The van der Waals surface area contributed by atoms with E-state index in [-0.39, 0.29) is 17.6 Å². The standard InChI is InChI=1S/C25H24FNO/c1-2-20(18-10-4-3-5-11-18)25(28)27-17-16-19-12-6-7-13-21(19)24(27)22-14-8-9-15-23(22)26/h3-15,20,24H,2,16-17H2,1H3/t20-,24+/m1/s1. The monoisotopic (exact) mass is 373 g/mol. The molecule has 1 heterocycles. The van der Waals surface area contributed by atoms with Crippen LogP contribution in [0.5, 0.6) is 0 Å². The SMILES string of the molecule is CC[C@@H](C(=O)N1CCc2ccccc2[C@H]1c1ccccc1F)c1ccccc1. The van der Waals surface area contributed by atoms with E-state index >= 15 is 0 Å².